The highest BCUT2D eigenvalue weighted by Gasteiger charge is 2.23. The van der Waals surface area contributed by atoms with Crippen LogP contribution in [0.3, 0.4) is 0 Å². The summed E-state index contributed by atoms with van der Waals surface area (Å²) in [6, 6.07) is 0.415. The normalized spacial score (nSPS) is 20.0. The molecule has 1 aliphatic carbocycles. The number of nitrogens with one attached hydrogen (secondary N) is 2. The van der Waals surface area contributed by atoms with Crippen molar-refractivity contribution in [1.29, 1.82) is 0 Å². The van der Waals surface area contributed by atoms with Crippen molar-refractivity contribution in [1.82, 2.24) is 15.3 Å². The van der Waals surface area contributed by atoms with Crippen LogP contribution in [0.25, 0.3) is 10.2 Å². The van der Waals surface area contributed by atoms with Crippen LogP contribution in [-0.2, 0) is 12.8 Å². The monoisotopic (exact) mass is 305 g/mol. The average molecular weight is 305 g/mol. The fraction of sp³-hybridized carbons (Fsp3) is 0.625. The number of aromatic nitrogens is 2. The largest absolute Gasteiger partial charge is 0.309 e. The van der Waals surface area contributed by atoms with Gasteiger partial charge in [0.1, 0.15) is 10.7 Å². The molecule has 0 unspecified atom stereocenters. The third-order valence-corrected chi connectivity index (χ3v) is 5.33. The first-order valence-electron chi connectivity index (χ1n) is 7.76. The molecule has 21 heavy (non-hydrogen) atoms. The number of aromatic amines is 1. The number of hydrogen-bond acceptors (Lipinski definition) is 4. The zero-order valence-corrected chi connectivity index (χ0v) is 13.9. The van der Waals surface area contributed by atoms with Crippen molar-refractivity contribution >= 4 is 21.6 Å². The first kappa shape index (κ1) is 14.7. The molecule has 0 bridgehead atoms. The van der Waals surface area contributed by atoms with Gasteiger partial charge >= 0.3 is 0 Å². The number of aryl methyl sites for hydroxylation is 1. The Kier molecular flexibility index (Phi) is 3.88. The Hall–Kier alpha value is -1.20. The third kappa shape index (κ3) is 2.77. The lowest BCUT2D eigenvalue weighted by Gasteiger charge is -2.17. The molecule has 2 aromatic heterocycles. The van der Waals surface area contributed by atoms with Gasteiger partial charge < -0.3 is 10.3 Å². The molecule has 5 heteroatoms. The van der Waals surface area contributed by atoms with Gasteiger partial charge in [-0.3, -0.25) is 4.79 Å². The van der Waals surface area contributed by atoms with Crippen LogP contribution in [0.2, 0.25) is 0 Å². The quantitative estimate of drug-likeness (QED) is 0.915. The summed E-state index contributed by atoms with van der Waals surface area (Å²) in [5.74, 6) is 1.46. The Morgan fingerprint density at radius 3 is 2.86 bits per heavy atom. The standard InChI is InChI=1S/C16H23N3OS/c1-8(2)17-10(4)14-18-15(20)13-11-6-5-9(3)7-12(11)21-16(13)19-14/h8-10,17H,5-7H2,1-4H3,(H,18,19,20)/t9-,10-/m1/s1. The molecular formula is C16H23N3OS. The second-order valence-electron chi connectivity index (χ2n) is 6.53. The number of H-pyrrole nitrogens is 1. The number of hydrogen-bond donors (Lipinski definition) is 2. The summed E-state index contributed by atoms with van der Waals surface area (Å²) in [4.78, 5) is 22.5. The molecule has 0 fully saturated rings. The second kappa shape index (κ2) is 5.54. The maximum Gasteiger partial charge on any atom is 0.259 e. The summed E-state index contributed by atoms with van der Waals surface area (Å²) in [7, 11) is 0. The lowest BCUT2D eigenvalue weighted by Crippen LogP contribution is -2.29. The molecule has 0 aliphatic heterocycles. The predicted molar refractivity (Wildman–Crippen MR) is 88.1 cm³/mol. The highest BCUT2D eigenvalue weighted by Crippen LogP contribution is 2.35. The van der Waals surface area contributed by atoms with Crippen LogP contribution >= 0.6 is 11.3 Å². The molecule has 114 valence electrons. The van der Waals surface area contributed by atoms with Crippen LogP contribution in [-0.4, -0.2) is 16.0 Å². The van der Waals surface area contributed by atoms with Gasteiger partial charge in [0.25, 0.3) is 5.56 Å². The van der Waals surface area contributed by atoms with Crippen molar-refractivity contribution < 1.29 is 0 Å². The van der Waals surface area contributed by atoms with Crippen LogP contribution < -0.4 is 10.9 Å². The summed E-state index contributed by atoms with van der Waals surface area (Å²) < 4.78 is 0. The number of fused-ring (bicyclic) bond motifs is 3. The SMILES string of the molecule is CC(C)N[C@H](C)c1nc2sc3c(c2c(=O)[nH]1)CC[C@@H](C)C3. The molecule has 0 amide bonds. The van der Waals surface area contributed by atoms with Crippen LogP contribution in [0.5, 0.6) is 0 Å². The van der Waals surface area contributed by atoms with Crippen LogP contribution in [0.4, 0.5) is 0 Å². The minimum absolute atomic E-state index is 0.0273. The van der Waals surface area contributed by atoms with Gasteiger partial charge in [0.05, 0.1) is 11.4 Å². The van der Waals surface area contributed by atoms with Crippen molar-refractivity contribution in [3.8, 4) is 0 Å². The smallest absolute Gasteiger partial charge is 0.259 e. The van der Waals surface area contributed by atoms with Crippen molar-refractivity contribution in [2.24, 2.45) is 5.92 Å². The Balaban J connectivity index is 2.07. The molecule has 1 aliphatic rings. The second-order valence-corrected chi connectivity index (χ2v) is 7.61. The van der Waals surface area contributed by atoms with Gasteiger partial charge in [-0.15, -0.1) is 11.3 Å². The van der Waals surface area contributed by atoms with E-state index in [4.69, 9.17) is 4.98 Å². The highest BCUT2D eigenvalue weighted by atomic mass is 32.1. The molecule has 0 saturated heterocycles. The topological polar surface area (TPSA) is 57.8 Å². The Labute approximate surface area is 129 Å². The minimum Gasteiger partial charge on any atom is -0.309 e. The minimum atomic E-state index is 0.0273. The maximum atomic E-state index is 12.5. The first-order valence-corrected chi connectivity index (χ1v) is 8.58. The van der Waals surface area contributed by atoms with E-state index < -0.39 is 0 Å². The van der Waals surface area contributed by atoms with Crippen LogP contribution in [0, 0.1) is 5.92 Å². The first-order chi connectivity index (χ1) is 9.95. The Morgan fingerprint density at radius 1 is 1.38 bits per heavy atom. The fourth-order valence-corrected chi connectivity index (χ4v) is 4.54. The fourth-order valence-electron chi connectivity index (χ4n) is 3.15. The molecule has 4 nitrogen and oxygen atoms in total. The van der Waals surface area contributed by atoms with Gasteiger partial charge in [0.15, 0.2) is 0 Å². The van der Waals surface area contributed by atoms with Crippen LogP contribution in [0.1, 0.15) is 56.4 Å². The number of rotatable bonds is 3. The van der Waals surface area contributed by atoms with E-state index in [1.807, 2.05) is 6.92 Å². The van der Waals surface area contributed by atoms with E-state index >= 15 is 0 Å². The molecule has 3 rings (SSSR count). The molecule has 2 aromatic rings. The van der Waals surface area contributed by atoms with Gasteiger partial charge in [0.2, 0.25) is 0 Å². The lowest BCUT2D eigenvalue weighted by molar-refractivity contribution is 0.487. The van der Waals surface area contributed by atoms with Crippen molar-refractivity contribution in [3.05, 3.63) is 26.6 Å². The van der Waals surface area contributed by atoms with Gasteiger partial charge in [-0.05, 0) is 37.7 Å². The third-order valence-electron chi connectivity index (χ3n) is 4.18. The van der Waals surface area contributed by atoms with Crippen molar-refractivity contribution in [2.75, 3.05) is 0 Å². The highest BCUT2D eigenvalue weighted by molar-refractivity contribution is 7.18. The van der Waals surface area contributed by atoms with E-state index in [1.54, 1.807) is 11.3 Å². The zero-order valence-electron chi connectivity index (χ0n) is 13.1. The summed E-state index contributed by atoms with van der Waals surface area (Å²) in [5.41, 5.74) is 1.28. The Morgan fingerprint density at radius 2 is 2.14 bits per heavy atom. The molecule has 2 heterocycles. The maximum absolute atomic E-state index is 12.5. The van der Waals surface area contributed by atoms with Gasteiger partial charge in [-0.1, -0.05) is 20.8 Å². The van der Waals surface area contributed by atoms with Crippen molar-refractivity contribution in [2.45, 2.75) is 59.0 Å². The van der Waals surface area contributed by atoms with Gasteiger partial charge in [0, 0.05) is 10.9 Å². The molecule has 0 aromatic carbocycles. The van der Waals surface area contributed by atoms with E-state index in [0.717, 1.165) is 28.9 Å². The predicted octanol–water partition coefficient (Wildman–Crippen LogP) is 3.17. The van der Waals surface area contributed by atoms with E-state index in [1.165, 1.54) is 16.9 Å². The van der Waals surface area contributed by atoms with Crippen LogP contribution in [0.15, 0.2) is 4.79 Å². The Bertz CT molecular complexity index is 716. The molecule has 0 radical (unpaired) electrons. The summed E-state index contributed by atoms with van der Waals surface area (Å²) in [6.07, 6.45) is 3.27. The summed E-state index contributed by atoms with van der Waals surface area (Å²) >= 11 is 1.71. The van der Waals surface area contributed by atoms with E-state index in [9.17, 15) is 4.79 Å². The van der Waals surface area contributed by atoms with Gasteiger partial charge in [-0.2, -0.15) is 0 Å². The van der Waals surface area contributed by atoms with E-state index in [-0.39, 0.29) is 11.6 Å². The van der Waals surface area contributed by atoms with E-state index in [0.29, 0.717) is 12.0 Å². The number of thiophene rings is 1. The molecular weight excluding hydrogens is 282 g/mol. The molecule has 2 N–H and O–H groups in total. The average Bonchev–Trinajstić information content (AvgIpc) is 2.75. The number of nitrogens with zero attached hydrogens (tertiary/aromatic N) is 1. The molecule has 0 spiro atoms. The lowest BCUT2D eigenvalue weighted by atomic mass is 9.89. The summed E-state index contributed by atoms with van der Waals surface area (Å²) in [6.45, 7) is 8.52. The molecule has 2 atom stereocenters. The molecule has 0 saturated carbocycles. The van der Waals surface area contributed by atoms with Crippen molar-refractivity contribution in [3.63, 3.8) is 0 Å². The zero-order chi connectivity index (χ0) is 15.1. The van der Waals surface area contributed by atoms with E-state index in [2.05, 4.69) is 31.1 Å². The van der Waals surface area contributed by atoms with Gasteiger partial charge in [-0.25, -0.2) is 4.98 Å². The summed E-state index contributed by atoms with van der Waals surface area (Å²) in [5, 5.41) is 4.23.